The zero-order valence-corrected chi connectivity index (χ0v) is 17.3. The topological polar surface area (TPSA) is 80.5 Å². The maximum absolute atomic E-state index is 13.4. The van der Waals surface area contributed by atoms with Crippen molar-refractivity contribution in [3.05, 3.63) is 59.4 Å². The Kier molecular flexibility index (Phi) is 5.82. The lowest BCUT2D eigenvalue weighted by molar-refractivity contribution is -0.137. The number of nitriles is 1. The van der Waals surface area contributed by atoms with Crippen molar-refractivity contribution >= 4 is 11.6 Å². The van der Waals surface area contributed by atoms with Gasteiger partial charge in [-0.15, -0.1) is 0 Å². The Morgan fingerprint density at radius 1 is 1.25 bits per heavy atom. The maximum Gasteiger partial charge on any atom is 0.417 e. The predicted molar refractivity (Wildman–Crippen MR) is 111 cm³/mol. The number of hydrogen-bond acceptors (Lipinski definition) is 5. The van der Waals surface area contributed by atoms with Gasteiger partial charge in [0.2, 0.25) is 5.91 Å². The number of alkyl halides is 3. The number of aliphatic hydroxyl groups excluding tert-OH is 1. The number of nitrogens with zero attached hydrogens (tertiary/aromatic N) is 4. The van der Waals surface area contributed by atoms with Crippen LogP contribution < -0.4 is 4.90 Å². The van der Waals surface area contributed by atoms with Gasteiger partial charge < -0.3 is 14.9 Å². The molecule has 0 unspecified atom stereocenters. The Morgan fingerprint density at radius 3 is 2.66 bits per heavy atom. The fourth-order valence-corrected chi connectivity index (χ4v) is 4.81. The van der Waals surface area contributed by atoms with Crippen LogP contribution >= 0.6 is 0 Å². The summed E-state index contributed by atoms with van der Waals surface area (Å²) in [6.45, 7) is 1.71. The first-order valence-corrected chi connectivity index (χ1v) is 10.4. The number of aromatic nitrogens is 1. The number of carbonyl (C=O) groups excluding carboxylic acids is 1. The van der Waals surface area contributed by atoms with Crippen LogP contribution in [0.2, 0.25) is 0 Å². The first-order chi connectivity index (χ1) is 15.3. The summed E-state index contributed by atoms with van der Waals surface area (Å²) in [7, 11) is 0. The smallest absolute Gasteiger partial charge is 0.396 e. The maximum atomic E-state index is 13.4. The first kappa shape index (κ1) is 22.1. The van der Waals surface area contributed by atoms with Crippen molar-refractivity contribution < 1.29 is 23.1 Å². The van der Waals surface area contributed by atoms with Gasteiger partial charge in [0.15, 0.2) is 0 Å². The second kappa shape index (κ2) is 8.43. The third kappa shape index (κ3) is 4.15. The molecular formula is C23H23F3N4O2. The number of hydrogen-bond donors (Lipinski definition) is 1. The van der Waals surface area contributed by atoms with Gasteiger partial charge in [0.25, 0.3) is 0 Å². The summed E-state index contributed by atoms with van der Waals surface area (Å²) in [6, 6.07) is 8.92. The number of piperidine rings is 1. The van der Waals surface area contributed by atoms with Crippen LogP contribution in [0.1, 0.15) is 23.1 Å². The molecule has 2 aliphatic rings. The van der Waals surface area contributed by atoms with Crippen LogP contribution in [0.3, 0.4) is 0 Å². The monoisotopic (exact) mass is 444 g/mol. The molecule has 0 bridgehead atoms. The summed E-state index contributed by atoms with van der Waals surface area (Å²) < 4.78 is 40.1. The lowest BCUT2D eigenvalue weighted by Crippen LogP contribution is -2.49. The molecule has 4 rings (SSSR count). The van der Waals surface area contributed by atoms with E-state index in [1.807, 2.05) is 4.90 Å². The van der Waals surface area contributed by atoms with E-state index in [9.17, 15) is 23.1 Å². The van der Waals surface area contributed by atoms with Crippen LogP contribution in [0.15, 0.2) is 42.7 Å². The molecular weight excluding hydrogens is 421 g/mol. The first-order valence-electron chi connectivity index (χ1n) is 10.4. The number of aliphatic hydroxyl groups is 1. The van der Waals surface area contributed by atoms with Gasteiger partial charge in [-0.3, -0.25) is 9.78 Å². The molecule has 2 saturated heterocycles. The second-order valence-electron chi connectivity index (χ2n) is 8.56. The molecule has 0 saturated carbocycles. The van der Waals surface area contributed by atoms with Gasteiger partial charge in [0.1, 0.15) is 0 Å². The van der Waals surface area contributed by atoms with Crippen molar-refractivity contribution in [1.29, 1.82) is 5.26 Å². The molecule has 1 N–H and O–H groups in total. The largest absolute Gasteiger partial charge is 0.417 e. The number of rotatable bonds is 4. The third-order valence-corrected chi connectivity index (χ3v) is 6.70. The molecule has 0 aliphatic carbocycles. The molecule has 1 aromatic carbocycles. The van der Waals surface area contributed by atoms with Crippen molar-refractivity contribution in [2.45, 2.75) is 19.0 Å². The fourth-order valence-electron chi connectivity index (χ4n) is 4.81. The summed E-state index contributed by atoms with van der Waals surface area (Å²) >= 11 is 0. The van der Waals surface area contributed by atoms with Gasteiger partial charge in [-0.2, -0.15) is 18.4 Å². The minimum atomic E-state index is -4.62. The third-order valence-electron chi connectivity index (χ3n) is 6.70. The number of pyridine rings is 1. The van der Waals surface area contributed by atoms with E-state index in [1.54, 1.807) is 35.5 Å². The molecule has 3 heterocycles. The van der Waals surface area contributed by atoms with Crippen molar-refractivity contribution in [2.75, 3.05) is 37.7 Å². The number of fused-ring (bicyclic) bond motifs is 1. The van der Waals surface area contributed by atoms with Crippen LogP contribution in [0, 0.1) is 22.7 Å². The molecule has 2 atom stereocenters. The number of halogens is 3. The molecule has 32 heavy (non-hydrogen) atoms. The SMILES string of the molecule is N#Cc1ccc(N2CC[C@@]3(CO)CN(C(=O)Cc4ccncc4)C[C@H]3C2)cc1C(F)(F)F. The van der Waals surface area contributed by atoms with Crippen molar-refractivity contribution in [2.24, 2.45) is 11.3 Å². The van der Waals surface area contributed by atoms with E-state index >= 15 is 0 Å². The summed E-state index contributed by atoms with van der Waals surface area (Å²) in [4.78, 5) is 20.4. The summed E-state index contributed by atoms with van der Waals surface area (Å²) in [6.07, 6.45) is -0.548. The number of benzene rings is 1. The minimum Gasteiger partial charge on any atom is -0.396 e. The van der Waals surface area contributed by atoms with E-state index in [-0.39, 0.29) is 24.9 Å². The van der Waals surface area contributed by atoms with E-state index < -0.39 is 22.7 Å². The number of amides is 1. The Bertz CT molecular complexity index is 1040. The van der Waals surface area contributed by atoms with Gasteiger partial charge in [-0.25, -0.2) is 0 Å². The average Bonchev–Trinajstić information content (AvgIpc) is 3.18. The molecule has 1 amide bonds. The van der Waals surface area contributed by atoms with E-state index in [4.69, 9.17) is 5.26 Å². The molecule has 0 radical (unpaired) electrons. The van der Waals surface area contributed by atoms with Crippen LogP contribution in [-0.4, -0.2) is 53.7 Å². The lowest BCUT2D eigenvalue weighted by atomic mass is 9.73. The highest BCUT2D eigenvalue weighted by Crippen LogP contribution is 2.44. The van der Waals surface area contributed by atoms with Crippen molar-refractivity contribution in [3.63, 3.8) is 0 Å². The highest BCUT2D eigenvalue weighted by molar-refractivity contribution is 5.79. The Labute approximate surface area is 183 Å². The molecule has 0 spiro atoms. The van der Waals surface area contributed by atoms with E-state index in [1.165, 1.54) is 12.1 Å². The Morgan fingerprint density at radius 2 is 2.00 bits per heavy atom. The summed E-state index contributed by atoms with van der Waals surface area (Å²) in [5.74, 6) is -0.102. The quantitative estimate of drug-likeness (QED) is 0.785. The van der Waals surface area contributed by atoms with Gasteiger partial charge in [0, 0.05) is 55.6 Å². The molecule has 9 heteroatoms. The fraction of sp³-hybridized carbons (Fsp3) is 0.435. The van der Waals surface area contributed by atoms with Crippen molar-refractivity contribution in [3.8, 4) is 6.07 Å². The summed E-state index contributed by atoms with van der Waals surface area (Å²) in [5.41, 5.74) is -0.556. The van der Waals surface area contributed by atoms with Gasteiger partial charge in [-0.1, -0.05) is 0 Å². The number of carbonyl (C=O) groups is 1. The summed E-state index contributed by atoms with van der Waals surface area (Å²) in [5, 5.41) is 19.2. The number of likely N-dealkylation sites (tertiary alicyclic amines) is 1. The second-order valence-corrected chi connectivity index (χ2v) is 8.56. The highest BCUT2D eigenvalue weighted by atomic mass is 19.4. The predicted octanol–water partition coefficient (Wildman–Crippen LogP) is 2.86. The lowest BCUT2D eigenvalue weighted by Gasteiger charge is -2.43. The van der Waals surface area contributed by atoms with Crippen LogP contribution in [-0.2, 0) is 17.4 Å². The van der Waals surface area contributed by atoms with E-state index in [2.05, 4.69) is 4.98 Å². The van der Waals surface area contributed by atoms with Gasteiger partial charge in [0.05, 0.1) is 30.2 Å². The highest BCUT2D eigenvalue weighted by Gasteiger charge is 2.50. The van der Waals surface area contributed by atoms with Crippen molar-refractivity contribution in [1.82, 2.24) is 9.88 Å². The zero-order valence-electron chi connectivity index (χ0n) is 17.3. The molecule has 2 fully saturated rings. The van der Waals surface area contributed by atoms with E-state index in [0.29, 0.717) is 38.3 Å². The Balaban J connectivity index is 1.52. The normalized spacial score (nSPS) is 23.0. The van der Waals surface area contributed by atoms with E-state index in [0.717, 1.165) is 11.6 Å². The van der Waals surface area contributed by atoms with Gasteiger partial charge in [-0.05, 0) is 42.3 Å². The molecule has 6 nitrogen and oxygen atoms in total. The molecule has 168 valence electrons. The van der Waals surface area contributed by atoms with Crippen LogP contribution in [0.4, 0.5) is 18.9 Å². The minimum absolute atomic E-state index is 0.0392. The average molecular weight is 444 g/mol. The van der Waals surface area contributed by atoms with Crippen LogP contribution in [0.25, 0.3) is 0 Å². The Hall–Kier alpha value is -3.12. The molecule has 1 aromatic heterocycles. The molecule has 2 aromatic rings. The molecule has 2 aliphatic heterocycles. The van der Waals surface area contributed by atoms with Gasteiger partial charge >= 0.3 is 6.18 Å². The standard InChI is InChI=1S/C23H23F3N4O2/c24-23(25,26)20-10-19(2-1-17(20)11-27)29-8-5-22(15-31)14-30(13-18(22)12-29)21(32)9-16-3-6-28-7-4-16/h1-4,6-7,10,18,31H,5,8-9,12-15H2/t18-,22+/m1/s1. The zero-order chi connectivity index (χ0) is 22.9. The number of anilines is 1. The van der Waals surface area contributed by atoms with Crippen LogP contribution in [0.5, 0.6) is 0 Å².